The van der Waals surface area contributed by atoms with Crippen LogP contribution in [-0.2, 0) is 11.3 Å². The van der Waals surface area contributed by atoms with Crippen molar-refractivity contribution in [2.24, 2.45) is 0 Å². The number of carboxylic acids is 1. The predicted octanol–water partition coefficient (Wildman–Crippen LogP) is 0.551. The molecule has 0 aliphatic carbocycles. The van der Waals surface area contributed by atoms with Gasteiger partial charge in [-0.05, 0) is 0 Å². The number of halogens is 3. The third-order valence-corrected chi connectivity index (χ3v) is 1.46. The third-order valence-electron chi connectivity index (χ3n) is 1.46. The molecule has 88 valence electrons. The number of alkyl halides is 3. The average molecular weight is 238 g/mol. The zero-order chi connectivity index (χ0) is 12.3. The van der Waals surface area contributed by atoms with Crippen LogP contribution in [0.25, 0.3) is 0 Å². The standard InChI is InChI=1S/C7H5F3N2O4/c8-7(9,10)6(15)11-2-3-1-4(5(13)14)12-16-3/h1H,2H2,(H,11,15)(H,13,14). The molecule has 1 aromatic rings. The molecule has 6 nitrogen and oxygen atoms in total. The van der Waals surface area contributed by atoms with Crippen LogP contribution in [0.3, 0.4) is 0 Å². The van der Waals surface area contributed by atoms with Gasteiger partial charge in [-0.25, -0.2) is 4.79 Å². The summed E-state index contributed by atoms with van der Waals surface area (Å²) in [6.45, 7) is -0.585. The van der Waals surface area contributed by atoms with Crippen molar-refractivity contribution >= 4 is 11.9 Å². The first-order valence-electron chi connectivity index (χ1n) is 3.84. The lowest BCUT2D eigenvalue weighted by molar-refractivity contribution is -0.173. The first-order chi connectivity index (χ1) is 7.30. The summed E-state index contributed by atoms with van der Waals surface area (Å²) in [5, 5.41) is 13.0. The normalized spacial score (nSPS) is 11.2. The second-order valence-electron chi connectivity index (χ2n) is 2.66. The minimum absolute atomic E-state index is 0.185. The van der Waals surface area contributed by atoms with E-state index in [1.54, 1.807) is 0 Å². The van der Waals surface area contributed by atoms with Gasteiger partial charge in [0.2, 0.25) is 0 Å². The van der Waals surface area contributed by atoms with Gasteiger partial charge in [0.1, 0.15) is 0 Å². The molecular formula is C7H5F3N2O4. The van der Waals surface area contributed by atoms with Crippen molar-refractivity contribution in [2.45, 2.75) is 12.7 Å². The van der Waals surface area contributed by atoms with Gasteiger partial charge in [0.15, 0.2) is 11.5 Å². The van der Waals surface area contributed by atoms with Crippen LogP contribution in [0.15, 0.2) is 10.6 Å². The number of rotatable bonds is 3. The van der Waals surface area contributed by atoms with Crippen molar-refractivity contribution in [3.63, 3.8) is 0 Å². The zero-order valence-electron chi connectivity index (χ0n) is 7.54. The smallest absolute Gasteiger partial charge is 0.471 e. The number of aromatic carboxylic acids is 1. The monoisotopic (exact) mass is 238 g/mol. The Morgan fingerprint density at radius 1 is 1.50 bits per heavy atom. The lowest BCUT2D eigenvalue weighted by Gasteiger charge is -2.05. The number of nitrogens with zero attached hydrogens (tertiary/aromatic N) is 1. The fraction of sp³-hybridized carbons (Fsp3) is 0.286. The Balaban J connectivity index is 2.55. The van der Waals surface area contributed by atoms with E-state index < -0.39 is 30.3 Å². The summed E-state index contributed by atoms with van der Waals surface area (Å²) < 4.78 is 39.6. The molecule has 2 N–H and O–H groups in total. The minimum Gasteiger partial charge on any atom is -0.476 e. The highest BCUT2D eigenvalue weighted by Gasteiger charge is 2.38. The van der Waals surface area contributed by atoms with Gasteiger partial charge < -0.3 is 14.9 Å². The molecule has 0 aliphatic heterocycles. The predicted molar refractivity (Wildman–Crippen MR) is 41.4 cm³/mol. The number of carbonyl (C=O) groups is 2. The van der Waals surface area contributed by atoms with E-state index >= 15 is 0 Å². The summed E-state index contributed by atoms with van der Waals surface area (Å²) in [7, 11) is 0. The van der Waals surface area contributed by atoms with E-state index in [0.717, 1.165) is 6.07 Å². The van der Waals surface area contributed by atoms with Crippen molar-refractivity contribution in [3.05, 3.63) is 17.5 Å². The molecule has 0 aromatic carbocycles. The van der Waals surface area contributed by atoms with Crippen LogP contribution in [0.4, 0.5) is 13.2 Å². The molecule has 0 unspecified atom stereocenters. The van der Waals surface area contributed by atoms with Gasteiger partial charge in [-0.15, -0.1) is 0 Å². The minimum atomic E-state index is -4.99. The Bertz CT molecular complexity index is 412. The molecule has 16 heavy (non-hydrogen) atoms. The summed E-state index contributed by atoms with van der Waals surface area (Å²) in [6.07, 6.45) is -4.99. The molecule has 0 saturated heterocycles. The van der Waals surface area contributed by atoms with E-state index in [2.05, 4.69) is 9.68 Å². The summed E-state index contributed by atoms with van der Waals surface area (Å²) in [5.41, 5.74) is -0.448. The first-order valence-corrected chi connectivity index (χ1v) is 3.84. The molecule has 1 heterocycles. The van der Waals surface area contributed by atoms with Gasteiger partial charge in [-0.3, -0.25) is 4.79 Å². The molecule has 0 aliphatic rings. The van der Waals surface area contributed by atoms with E-state index in [-0.39, 0.29) is 5.76 Å². The fourth-order valence-electron chi connectivity index (χ4n) is 0.765. The summed E-state index contributed by atoms with van der Waals surface area (Å²) in [4.78, 5) is 20.7. The Labute approximate surface area is 86.0 Å². The van der Waals surface area contributed by atoms with E-state index in [1.807, 2.05) is 0 Å². The van der Waals surface area contributed by atoms with Crippen LogP contribution in [0.2, 0.25) is 0 Å². The van der Waals surface area contributed by atoms with E-state index in [9.17, 15) is 22.8 Å². The number of amides is 1. The van der Waals surface area contributed by atoms with Crippen molar-refractivity contribution < 1.29 is 32.4 Å². The number of carboxylic acid groups (broad SMARTS) is 1. The van der Waals surface area contributed by atoms with E-state index in [4.69, 9.17) is 5.11 Å². The lowest BCUT2D eigenvalue weighted by atomic mass is 10.3. The average Bonchev–Trinajstić information content (AvgIpc) is 2.60. The second kappa shape index (κ2) is 4.21. The van der Waals surface area contributed by atoms with Gasteiger partial charge in [-0.1, -0.05) is 5.16 Å². The molecule has 0 fully saturated rings. The Morgan fingerprint density at radius 3 is 2.56 bits per heavy atom. The number of carbonyl (C=O) groups excluding carboxylic acids is 1. The maximum absolute atomic E-state index is 11.7. The number of hydrogen-bond donors (Lipinski definition) is 2. The molecular weight excluding hydrogens is 233 g/mol. The van der Waals surface area contributed by atoms with Crippen molar-refractivity contribution in [1.29, 1.82) is 0 Å². The SMILES string of the molecule is O=C(O)c1cc(CNC(=O)C(F)(F)F)on1. The van der Waals surface area contributed by atoms with Gasteiger partial charge in [0, 0.05) is 6.07 Å². The van der Waals surface area contributed by atoms with Crippen LogP contribution in [0.1, 0.15) is 16.2 Å². The summed E-state index contributed by atoms with van der Waals surface area (Å²) in [6, 6.07) is 0.916. The van der Waals surface area contributed by atoms with Gasteiger partial charge in [0.05, 0.1) is 6.54 Å². The van der Waals surface area contributed by atoms with Crippen molar-refractivity contribution in [1.82, 2.24) is 10.5 Å². The Kier molecular flexibility index (Phi) is 3.16. The number of nitrogens with one attached hydrogen (secondary N) is 1. The Hall–Kier alpha value is -2.06. The van der Waals surface area contributed by atoms with Gasteiger partial charge >= 0.3 is 18.1 Å². The molecule has 0 bridgehead atoms. The van der Waals surface area contributed by atoms with Crippen LogP contribution in [0.5, 0.6) is 0 Å². The highest BCUT2D eigenvalue weighted by molar-refractivity contribution is 5.85. The number of hydrogen-bond acceptors (Lipinski definition) is 4. The quantitative estimate of drug-likeness (QED) is 0.802. The lowest BCUT2D eigenvalue weighted by Crippen LogP contribution is -2.36. The third kappa shape index (κ3) is 2.97. The van der Waals surface area contributed by atoms with Crippen LogP contribution < -0.4 is 5.32 Å². The van der Waals surface area contributed by atoms with Crippen LogP contribution in [0, 0.1) is 0 Å². The number of aromatic nitrogens is 1. The van der Waals surface area contributed by atoms with Gasteiger partial charge in [0.25, 0.3) is 0 Å². The van der Waals surface area contributed by atoms with Crippen LogP contribution in [-0.4, -0.2) is 28.3 Å². The first kappa shape index (κ1) is 12.0. The molecule has 0 spiro atoms. The molecule has 1 amide bonds. The summed E-state index contributed by atoms with van der Waals surface area (Å²) >= 11 is 0. The second-order valence-corrected chi connectivity index (χ2v) is 2.66. The molecule has 0 radical (unpaired) electrons. The van der Waals surface area contributed by atoms with Crippen molar-refractivity contribution in [2.75, 3.05) is 0 Å². The van der Waals surface area contributed by atoms with Gasteiger partial charge in [-0.2, -0.15) is 13.2 Å². The molecule has 0 atom stereocenters. The molecule has 9 heteroatoms. The fourth-order valence-corrected chi connectivity index (χ4v) is 0.765. The van der Waals surface area contributed by atoms with E-state index in [1.165, 1.54) is 5.32 Å². The highest BCUT2D eigenvalue weighted by Crippen LogP contribution is 2.14. The zero-order valence-corrected chi connectivity index (χ0v) is 7.54. The Morgan fingerprint density at radius 2 is 2.12 bits per heavy atom. The molecule has 1 rings (SSSR count). The highest BCUT2D eigenvalue weighted by atomic mass is 19.4. The largest absolute Gasteiger partial charge is 0.476 e. The van der Waals surface area contributed by atoms with Crippen LogP contribution >= 0.6 is 0 Å². The topological polar surface area (TPSA) is 92.4 Å². The molecule has 1 aromatic heterocycles. The maximum atomic E-state index is 11.7. The van der Waals surface area contributed by atoms with Crippen molar-refractivity contribution in [3.8, 4) is 0 Å². The summed E-state index contributed by atoms with van der Waals surface area (Å²) in [5.74, 6) is -3.70. The maximum Gasteiger partial charge on any atom is 0.471 e. The molecule has 0 saturated carbocycles. The van der Waals surface area contributed by atoms with E-state index in [0.29, 0.717) is 0 Å².